The third-order valence-corrected chi connectivity index (χ3v) is 4.28. The number of benzene rings is 1. The van der Waals surface area contributed by atoms with Crippen LogP contribution in [0.15, 0.2) is 30.3 Å². The van der Waals surface area contributed by atoms with Crippen LogP contribution in [0.4, 0.5) is 0 Å². The molecule has 5 heteroatoms. The Hall–Kier alpha value is -0.590. The van der Waals surface area contributed by atoms with E-state index >= 15 is 0 Å². The predicted molar refractivity (Wildman–Crippen MR) is 70.1 cm³/mol. The summed E-state index contributed by atoms with van der Waals surface area (Å²) in [7, 11) is 0. The monoisotopic (exact) mass is 270 g/mol. The Kier molecular flexibility index (Phi) is 4.64. The lowest BCUT2D eigenvalue weighted by Crippen LogP contribution is -2.55. The molecule has 0 spiro atoms. The molecule has 1 aliphatic heterocycles. The SMILES string of the molecule is C[C@H]1O[C@H](SCc2ccccc2)[C@H](O)[C@@H](O)[C@@H]1O. The molecule has 0 aromatic heterocycles. The van der Waals surface area contributed by atoms with E-state index in [-0.39, 0.29) is 0 Å². The van der Waals surface area contributed by atoms with Gasteiger partial charge >= 0.3 is 0 Å². The van der Waals surface area contributed by atoms with Crippen molar-refractivity contribution in [2.75, 3.05) is 0 Å². The van der Waals surface area contributed by atoms with Crippen LogP contribution < -0.4 is 0 Å². The molecule has 0 bridgehead atoms. The zero-order valence-corrected chi connectivity index (χ0v) is 11.0. The van der Waals surface area contributed by atoms with E-state index in [1.54, 1.807) is 6.92 Å². The third kappa shape index (κ3) is 3.05. The Morgan fingerprint density at radius 1 is 1.06 bits per heavy atom. The highest BCUT2D eigenvalue weighted by molar-refractivity contribution is 7.99. The fourth-order valence-corrected chi connectivity index (χ4v) is 3.06. The minimum Gasteiger partial charge on any atom is -0.388 e. The summed E-state index contributed by atoms with van der Waals surface area (Å²) in [6.45, 7) is 1.69. The van der Waals surface area contributed by atoms with Crippen molar-refractivity contribution in [2.24, 2.45) is 0 Å². The minimum atomic E-state index is -1.15. The lowest BCUT2D eigenvalue weighted by molar-refractivity contribution is -0.192. The van der Waals surface area contributed by atoms with Gasteiger partial charge in [-0.05, 0) is 12.5 Å². The van der Waals surface area contributed by atoms with E-state index in [2.05, 4.69) is 0 Å². The summed E-state index contributed by atoms with van der Waals surface area (Å²) in [5, 5.41) is 29.1. The third-order valence-electron chi connectivity index (χ3n) is 3.07. The van der Waals surface area contributed by atoms with Crippen LogP contribution in [-0.4, -0.2) is 45.2 Å². The second-order valence-corrected chi connectivity index (χ2v) is 5.56. The molecule has 1 saturated heterocycles. The number of thioether (sulfide) groups is 1. The topological polar surface area (TPSA) is 69.9 Å². The van der Waals surface area contributed by atoms with E-state index in [0.717, 1.165) is 5.56 Å². The van der Waals surface area contributed by atoms with Crippen LogP contribution in [0, 0.1) is 0 Å². The molecular weight excluding hydrogens is 252 g/mol. The van der Waals surface area contributed by atoms with Crippen LogP contribution in [-0.2, 0) is 10.5 Å². The second kappa shape index (κ2) is 6.04. The first-order valence-electron chi connectivity index (χ1n) is 5.95. The fraction of sp³-hybridized carbons (Fsp3) is 0.538. The van der Waals surface area contributed by atoms with E-state index in [1.807, 2.05) is 30.3 Å². The van der Waals surface area contributed by atoms with Gasteiger partial charge in [-0.3, -0.25) is 0 Å². The first kappa shape index (κ1) is 13.8. The number of rotatable bonds is 3. The number of aliphatic hydroxyl groups is 3. The molecule has 2 rings (SSSR count). The van der Waals surface area contributed by atoms with Crippen molar-refractivity contribution in [3.63, 3.8) is 0 Å². The molecule has 4 nitrogen and oxygen atoms in total. The van der Waals surface area contributed by atoms with Crippen LogP contribution in [0.3, 0.4) is 0 Å². The fourth-order valence-electron chi connectivity index (χ4n) is 1.90. The number of ether oxygens (including phenoxy) is 1. The molecule has 1 fully saturated rings. The highest BCUT2D eigenvalue weighted by Crippen LogP contribution is 2.30. The molecule has 0 radical (unpaired) electrons. The maximum absolute atomic E-state index is 9.85. The molecule has 0 saturated carbocycles. The van der Waals surface area contributed by atoms with Crippen molar-refractivity contribution < 1.29 is 20.1 Å². The van der Waals surface area contributed by atoms with Crippen molar-refractivity contribution in [1.29, 1.82) is 0 Å². The van der Waals surface area contributed by atoms with Gasteiger partial charge in [0.1, 0.15) is 23.7 Å². The van der Waals surface area contributed by atoms with Gasteiger partial charge in [0.15, 0.2) is 0 Å². The predicted octanol–water partition coefficient (Wildman–Crippen LogP) is 0.747. The second-order valence-electron chi connectivity index (χ2n) is 4.48. The molecule has 0 amide bonds. The van der Waals surface area contributed by atoms with Gasteiger partial charge in [-0.25, -0.2) is 0 Å². The zero-order chi connectivity index (χ0) is 13.1. The Morgan fingerprint density at radius 3 is 2.39 bits per heavy atom. The maximum Gasteiger partial charge on any atom is 0.132 e. The van der Waals surface area contributed by atoms with Gasteiger partial charge in [-0.1, -0.05) is 30.3 Å². The molecule has 1 aromatic carbocycles. The molecule has 100 valence electrons. The molecule has 1 heterocycles. The summed E-state index contributed by atoms with van der Waals surface area (Å²) in [6, 6.07) is 9.85. The molecule has 3 N–H and O–H groups in total. The molecule has 0 aliphatic carbocycles. The van der Waals surface area contributed by atoms with E-state index in [4.69, 9.17) is 4.74 Å². The summed E-state index contributed by atoms with van der Waals surface area (Å²) < 4.78 is 5.51. The first-order valence-corrected chi connectivity index (χ1v) is 6.99. The molecule has 18 heavy (non-hydrogen) atoms. The first-order chi connectivity index (χ1) is 8.59. The molecule has 5 atom stereocenters. The van der Waals surface area contributed by atoms with Crippen molar-refractivity contribution in [1.82, 2.24) is 0 Å². The van der Waals surface area contributed by atoms with E-state index in [1.165, 1.54) is 11.8 Å². The maximum atomic E-state index is 9.85. The average Bonchev–Trinajstić information content (AvgIpc) is 2.40. The molecular formula is C13H18O4S. The van der Waals surface area contributed by atoms with Crippen molar-refractivity contribution in [3.05, 3.63) is 35.9 Å². The Morgan fingerprint density at radius 2 is 1.72 bits per heavy atom. The molecule has 0 unspecified atom stereocenters. The van der Waals surface area contributed by atoms with Gasteiger partial charge in [0.05, 0.1) is 6.10 Å². The van der Waals surface area contributed by atoms with Crippen molar-refractivity contribution in [3.8, 4) is 0 Å². The summed E-state index contributed by atoms with van der Waals surface area (Å²) in [5.74, 6) is 0.693. The normalized spacial score (nSPS) is 36.6. The lowest BCUT2D eigenvalue weighted by atomic mass is 10.0. The summed E-state index contributed by atoms with van der Waals surface area (Å²) in [4.78, 5) is 0. The highest BCUT2D eigenvalue weighted by Gasteiger charge is 2.41. The summed E-state index contributed by atoms with van der Waals surface area (Å²) in [6.07, 6.45) is -3.72. The Labute approximate surface area is 111 Å². The van der Waals surface area contributed by atoms with Gasteiger partial charge in [0, 0.05) is 5.75 Å². The van der Waals surface area contributed by atoms with Crippen LogP contribution in [0.1, 0.15) is 12.5 Å². The van der Waals surface area contributed by atoms with E-state index < -0.39 is 29.9 Å². The van der Waals surface area contributed by atoms with Gasteiger partial charge in [0.25, 0.3) is 0 Å². The van der Waals surface area contributed by atoms with Gasteiger partial charge in [0.2, 0.25) is 0 Å². The Balaban J connectivity index is 1.93. The quantitative estimate of drug-likeness (QED) is 0.756. The average molecular weight is 270 g/mol. The Bertz CT molecular complexity index is 373. The number of hydrogen-bond acceptors (Lipinski definition) is 5. The molecule has 1 aromatic rings. The van der Waals surface area contributed by atoms with Crippen LogP contribution in [0.25, 0.3) is 0 Å². The number of aliphatic hydroxyl groups excluding tert-OH is 3. The van der Waals surface area contributed by atoms with Crippen LogP contribution >= 0.6 is 11.8 Å². The highest BCUT2D eigenvalue weighted by atomic mass is 32.2. The van der Waals surface area contributed by atoms with E-state index in [9.17, 15) is 15.3 Å². The van der Waals surface area contributed by atoms with E-state index in [0.29, 0.717) is 5.75 Å². The van der Waals surface area contributed by atoms with Gasteiger partial charge in [-0.2, -0.15) is 0 Å². The smallest absolute Gasteiger partial charge is 0.132 e. The van der Waals surface area contributed by atoms with Crippen LogP contribution in [0.5, 0.6) is 0 Å². The number of hydrogen-bond donors (Lipinski definition) is 3. The van der Waals surface area contributed by atoms with Crippen molar-refractivity contribution >= 4 is 11.8 Å². The largest absolute Gasteiger partial charge is 0.388 e. The summed E-state index contributed by atoms with van der Waals surface area (Å²) >= 11 is 1.42. The van der Waals surface area contributed by atoms with Crippen molar-refractivity contribution in [2.45, 2.75) is 42.5 Å². The standard InChI is InChI=1S/C13H18O4S/c1-8-10(14)11(15)12(16)13(17-8)18-7-9-5-3-2-4-6-9/h2-6,8,10-16H,7H2,1H3/t8-,10-,11+,12-,13-/m1/s1. The zero-order valence-electron chi connectivity index (χ0n) is 10.1. The summed E-state index contributed by atoms with van der Waals surface area (Å²) in [5.41, 5.74) is 0.616. The minimum absolute atomic E-state index is 0.475. The van der Waals surface area contributed by atoms with Crippen LogP contribution in [0.2, 0.25) is 0 Å². The molecule has 1 aliphatic rings. The van der Waals surface area contributed by atoms with Gasteiger partial charge < -0.3 is 20.1 Å². The van der Waals surface area contributed by atoms with Gasteiger partial charge in [-0.15, -0.1) is 11.8 Å². The lowest BCUT2D eigenvalue weighted by Gasteiger charge is -2.39.